The van der Waals surface area contributed by atoms with Crippen LogP contribution in [-0.2, 0) is 19.1 Å². The van der Waals surface area contributed by atoms with Crippen LogP contribution in [0.2, 0.25) is 0 Å². The van der Waals surface area contributed by atoms with Crippen LogP contribution in [0.3, 0.4) is 0 Å². The van der Waals surface area contributed by atoms with Gasteiger partial charge in [-0.25, -0.2) is 4.79 Å². The molecule has 1 saturated heterocycles. The Bertz CT molecular complexity index is 315. The lowest BCUT2D eigenvalue weighted by molar-refractivity contribution is -0.144. The summed E-state index contributed by atoms with van der Waals surface area (Å²) < 4.78 is 4.59. The van der Waals surface area contributed by atoms with Crippen molar-refractivity contribution in [3.8, 4) is 0 Å². The summed E-state index contributed by atoms with van der Waals surface area (Å²) in [5, 5.41) is 13.8. The van der Waals surface area contributed by atoms with Crippen LogP contribution in [0.15, 0.2) is 0 Å². The Hall–Kier alpha value is -1.67. The highest BCUT2D eigenvalue weighted by Gasteiger charge is 2.16. The Morgan fingerprint density at radius 2 is 1.89 bits per heavy atom. The number of nitrogens with zero attached hydrogens (tertiary/aromatic N) is 1. The monoisotopic (exact) mass is 259 g/mol. The van der Waals surface area contributed by atoms with Crippen molar-refractivity contribution in [2.75, 3.05) is 45.9 Å². The topological polar surface area (TPSA) is 108 Å². The molecule has 1 fully saturated rings. The van der Waals surface area contributed by atoms with E-state index < -0.39 is 18.5 Å². The highest BCUT2D eigenvalue weighted by atomic mass is 16.5. The molecule has 0 aromatic carbocycles. The largest absolute Gasteiger partial charge is 0.480 e. The second-order valence-corrected chi connectivity index (χ2v) is 3.79. The number of piperazine rings is 1. The maximum atomic E-state index is 11.6. The van der Waals surface area contributed by atoms with Crippen molar-refractivity contribution < 1.29 is 24.2 Å². The number of nitrogens with one attached hydrogen (secondary N) is 2. The van der Waals surface area contributed by atoms with Crippen LogP contribution in [-0.4, -0.2) is 73.7 Å². The van der Waals surface area contributed by atoms with Gasteiger partial charge in [0.25, 0.3) is 0 Å². The molecule has 0 bridgehead atoms. The average molecular weight is 259 g/mol. The number of ether oxygens (including phenoxy) is 1. The maximum absolute atomic E-state index is 11.6. The lowest BCUT2D eigenvalue weighted by atomic mass is 10.3. The van der Waals surface area contributed by atoms with Crippen molar-refractivity contribution in [2.24, 2.45) is 0 Å². The summed E-state index contributed by atoms with van der Waals surface area (Å²) >= 11 is 0. The molecule has 0 saturated carbocycles. The van der Waals surface area contributed by atoms with Gasteiger partial charge in [0, 0.05) is 26.2 Å². The predicted octanol–water partition coefficient (Wildman–Crippen LogP) is -2.36. The molecule has 18 heavy (non-hydrogen) atoms. The van der Waals surface area contributed by atoms with E-state index in [1.807, 2.05) is 0 Å². The van der Waals surface area contributed by atoms with Gasteiger partial charge in [-0.05, 0) is 0 Å². The zero-order valence-corrected chi connectivity index (χ0v) is 9.98. The van der Waals surface area contributed by atoms with Gasteiger partial charge in [0.05, 0.1) is 6.54 Å². The van der Waals surface area contributed by atoms with Gasteiger partial charge in [0.2, 0.25) is 11.8 Å². The molecule has 0 atom stereocenters. The summed E-state index contributed by atoms with van der Waals surface area (Å²) in [5.74, 6) is -1.79. The van der Waals surface area contributed by atoms with Crippen LogP contribution in [0.4, 0.5) is 0 Å². The lowest BCUT2D eigenvalue weighted by Crippen LogP contribution is -2.49. The van der Waals surface area contributed by atoms with Crippen LogP contribution in [0.25, 0.3) is 0 Å². The van der Waals surface area contributed by atoms with E-state index in [9.17, 15) is 14.4 Å². The number of carbonyl (C=O) groups excluding carboxylic acids is 2. The van der Waals surface area contributed by atoms with Gasteiger partial charge in [-0.2, -0.15) is 0 Å². The summed E-state index contributed by atoms with van der Waals surface area (Å²) in [6.07, 6.45) is 0. The Morgan fingerprint density at radius 3 is 2.50 bits per heavy atom. The molecule has 1 rings (SSSR count). The van der Waals surface area contributed by atoms with Gasteiger partial charge in [0.15, 0.2) is 0 Å². The number of carboxylic acid groups (broad SMARTS) is 1. The average Bonchev–Trinajstić information content (AvgIpc) is 2.36. The van der Waals surface area contributed by atoms with Gasteiger partial charge in [-0.1, -0.05) is 0 Å². The van der Waals surface area contributed by atoms with E-state index in [0.717, 1.165) is 13.1 Å². The third kappa shape index (κ3) is 5.60. The van der Waals surface area contributed by atoms with Gasteiger partial charge in [0.1, 0.15) is 13.2 Å². The zero-order valence-electron chi connectivity index (χ0n) is 9.98. The Kier molecular flexibility index (Phi) is 6.09. The molecule has 0 radical (unpaired) electrons. The second kappa shape index (κ2) is 7.62. The minimum Gasteiger partial charge on any atom is -0.480 e. The third-order valence-electron chi connectivity index (χ3n) is 2.37. The standard InChI is InChI=1S/C10H17N3O5/c14-8(6-18-7-10(16)17)12-5-9(15)13-3-1-11-2-4-13/h11H,1-7H2,(H,12,14)(H,16,17). The van der Waals surface area contributed by atoms with Crippen molar-refractivity contribution >= 4 is 17.8 Å². The van der Waals surface area contributed by atoms with Gasteiger partial charge in [-0.15, -0.1) is 0 Å². The molecule has 0 aliphatic carbocycles. The first kappa shape index (κ1) is 14.4. The first-order valence-electron chi connectivity index (χ1n) is 5.64. The summed E-state index contributed by atoms with van der Waals surface area (Å²) in [7, 11) is 0. The molecular formula is C10H17N3O5. The first-order valence-corrected chi connectivity index (χ1v) is 5.64. The fourth-order valence-corrected chi connectivity index (χ4v) is 1.48. The maximum Gasteiger partial charge on any atom is 0.329 e. The third-order valence-corrected chi connectivity index (χ3v) is 2.37. The minimum atomic E-state index is -1.14. The van der Waals surface area contributed by atoms with E-state index in [1.165, 1.54) is 0 Å². The van der Waals surface area contributed by atoms with Crippen LogP contribution in [0.5, 0.6) is 0 Å². The summed E-state index contributed by atoms with van der Waals surface area (Å²) in [6, 6.07) is 0. The van der Waals surface area contributed by atoms with Crippen LogP contribution in [0, 0.1) is 0 Å². The van der Waals surface area contributed by atoms with E-state index >= 15 is 0 Å². The number of amides is 2. The molecule has 1 aliphatic rings. The van der Waals surface area contributed by atoms with E-state index in [2.05, 4.69) is 15.4 Å². The van der Waals surface area contributed by atoms with Crippen molar-refractivity contribution in [1.82, 2.24) is 15.5 Å². The van der Waals surface area contributed by atoms with E-state index in [1.54, 1.807) is 4.90 Å². The number of aliphatic carboxylic acids is 1. The second-order valence-electron chi connectivity index (χ2n) is 3.79. The Balaban J connectivity index is 2.13. The van der Waals surface area contributed by atoms with Gasteiger partial charge >= 0.3 is 5.97 Å². The minimum absolute atomic E-state index is 0.0880. The summed E-state index contributed by atoms with van der Waals surface area (Å²) in [6.45, 7) is 1.78. The van der Waals surface area contributed by atoms with E-state index in [-0.39, 0.29) is 19.1 Å². The van der Waals surface area contributed by atoms with Gasteiger partial charge in [-0.3, -0.25) is 9.59 Å². The molecule has 8 nitrogen and oxygen atoms in total. The summed E-state index contributed by atoms with van der Waals surface area (Å²) in [5.41, 5.74) is 0. The molecule has 0 unspecified atom stereocenters. The summed E-state index contributed by atoms with van der Waals surface area (Å²) in [4.78, 5) is 34.6. The van der Waals surface area contributed by atoms with Crippen molar-refractivity contribution in [2.45, 2.75) is 0 Å². The van der Waals surface area contributed by atoms with Crippen LogP contribution < -0.4 is 10.6 Å². The van der Waals surface area contributed by atoms with E-state index in [4.69, 9.17) is 5.11 Å². The van der Waals surface area contributed by atoms with Crippen LogP contribution in [0.1, 0.15) is 0 Å². The smallest absolute Gasteiger partial charge is 0.329 e. The lowest BCUT2D eigenvalue weighted by Gasteiger charge is -2.27. The first-order chi connectivity index (χ1) is 8.59. The highest BCUT2D eigenvalue weighted by molar-refractivity contribution is 5.85. The number of rotatable bonds is 6. The Morgan fingerprint density at radius 1 is 1.22 bits per heavy atom. The van der Waals surface area contributed by atoms with Crippen molar-refractivity contribution in [3.05, 3.63) is 0 Å². The molecule has 8 heteroatoms. The molecule has 0 aromatic heterocycles. The molecule has 1 aliphatic heterocycles. The van der Waals surface area contributed by atoms with Crippen molar-refractivity contribution in [3.63, 3.8) is 0 Å². The molecule has 0 spiro atoms. The highest BCUT2D eigenvalue weighted by Crippen LogP contribution is 1.92. The SMILES string of the molecule is O=C(O)COCC(=O)NCC(=O)N1CCNCC1. The molecular weight excluding hydrogens is 242 g/mol. The fourth-order valence-electron chi connectivity index (χ4n) is 1.48. The predicted molar refractivity (Wildman–Crippen MR) is 60.9 cm³/mol. The number of carboxylic acids is 1. The molecule has 0 aromatic rings. The Labute approximate surface area is 104 Å². The number of hydrogen-bond donors (Lipinski definition) is 3. The van der Waals surface area contributed by atoms with Gasteiger partial charge < -0.3 is 25.4 Å². The zero-order chi connectivity index (χ0) is 13.4. The van der Waals surface area contributed by atoms with Crippen LogP contribution >= 0.6 is 0 Å². The molecule has 2 amide bonds. The fraction of sp³-hybridized carbons (Fsp3) is 0.700. The molecule has 102 valence electrons. The van der Waals surface area contributed by atoms with Crippen molar-refractivity contribution in [1.29, 1.82) is 0 Å². The number of carbonyl (C=O) groups is 3. The quantitative estimate of drug-likeness (QED) is 0.492. The molecule has 3 N–H and O–H groups in total. The van der Waals surface area contributed by atoms with E-state index in [0.29, 0.717) is 13.1 Å². The molecule has 1 heterocycles. The number of hydrogen-bond acceptors (Lipinski definition) is 5. The normalized spacial score (nSPS) is 15.2.